The summed E-state index contributed by atoms with van der Waals surface area (Å²) in [5.74, 6) is 0.549. The average molecular weight is 422 g/mol. The van der Waals surface area contributed by atoms with Crippen LogP contribution in [0.2, 0.25) is 0 Å². The summed E-state index contributed by atoms with van der Waals surface area (Å²) in [5, 5.41) is 3.25. The SMILES string of the molecule is COc1cc(NC(=S)NNC(=O)C(c2ccccc2)c2ccccc2)cc(OC)c1. The van der Waals surface area contributed by atoms with Crippen LogP contribution in [0.4, 0.5) is 5.69 Å². The van der Waals surface area contributed by atoms with Crippen LogP contribution in [0.25, 0.3) is 0 Å². The normalized spacial score (nSPS) is 10.2. The summed E-state index contributed by atoms with van der Waals surface area (Å²) in [5.41, 5.74) is 7.91. The number of benzene rings is 3. The summed E-state index contributed by atoms with van der Waals surface area (Å²) in [6, 6.07) is 24.5. The number of rotatable bonds is 6. The Balaban J connectivity index is 1.69. The predicted octanol–water partition coefficient (Wildman–Crippen LogP) is 3.85. The molecule has 0 unspecified atom stereocenters. The lowest BCUT2D eigenvalue weighted by Gasteiger charge is -2.19. The maximum Gasteiger partial charge on any atom is 0.250 e. The highest BCUT2D eigenvalue weighted by molar-refractivity contribution is 7.80. The first kappa shape index (κ1) is 21.1. The average Bonchev–Trinajstić information content (AvgIpc) is 2.79. The number of carbonyl (C=O) groups is 1. The zero-order valence-electron chi connectivity index (χ0n) is 16.7. The van der Waals surface area contributed by atoms with Crippen molar-refractivity contribution in [1.82, 2.24) is 10.9 Å². The third kappa shape index (κ3) is 5.48. The topological polar surface area (TPSA) is 71.6 Å². The molecule has 0 fully saturated rings. The van der Waals surface area contributed by atoms with Crippen molar-refractivity contribution in [2.75, 3.05) is 19.5 Å². The Morgan fingerprint density at radius 3 is 1.77 bits per heavy atom. The standard InChI is InChI=1S/C23H23N3O3S/c1-28-19-13-18(14-20(15-19)29-2)24-23(30)26-25-22(27)21(16-9-5-3-6-10-16)17-11-7-4-8-12-17/h3-15,21H,1-2H3,(H,25,27)(H2,24,26,30). The quantitative estimate of drug-likeness (QED) is 0.415. The van der Waals surface area contributed by atoms with Gasteiger partial charge in [-0.15, -0.1) is 0 Å². The maximum absolute atomic E-state index is 13.0. The van der Waals surface area contributed by atoms with E-state index in [1.165, 1.54) is 0 Å². The number of ether oxygens (including phenoxy) is 2. The molecule has 3 rings (SSSR count). The number of anilines is 1. The Morgan fingerprint density at radius 2 is 1.30 bits per heavy atom. The fourth-order valence-corrected chi connectivity index (χ4v) is 3.19. The number of hydrazine groups is 1. The first-order valence-electron chi connectivity index (χ1n) is 9.30. The molecule has 0 aliphatic carbocycles. The molecule has 3 aromatic rings. The van der Waals surface area contributed by atoms with Crippen molar-refractivity contribution in [3.8, 4) is 11.5 Å². The van der Waals surface area contributed by atoms with Gasteiger partial charge >= 0.3 is 0 Å². The molecular formula is C23H23N3O3S. The summed E-state index contributed by atoms with van der Waals surface area (Å²) in [4.78, 5) is 13.0. The maximum atomic E-state index is 13.0. The van der Waals surface area contributed by atoms with Crippen molar-refractivity contribution >= 4 is 28.9 Å². The molecule has 0 radical (unpaired) electrons. The largest absolute Gasteiger partial charge is 0.497 e. The van der Waals surface area contributed by atoms with E-state index < -0.39 is 5.92 Å². The number of methoxy groups -OCH3 is 2. The third-order valence-electron chi connectivity index (χ3n) is 4.44. The van der Waals surface area contributed by atoms with Crippen LogP contribution in [0.1, 0.15) is 17.0 Å². The van der Waals surface area contributed by atoms with E-state index in [0.717, 1.165) is 11.1 Å². The molecule has 0 spiro atoms. The first-order chi connectivity index (χ1) is 14.6. The number of nitrogens with one attached hydrogen (secondary N) is 3. The number of hydrogen-bond acceptors (Lipinski definition) is 4. The van der Waals surface area contributed by atoms with Crippen molar-refractivity contribution < 1.29 is 14.3 Å². The van der Waals surface area contributed by atoms with Crippen LogP contribution >= 0.6 is 12.2 Å². The van der Waals surface area contributed by atoms with E-state index in [9.17, 15) is 4.79 Å². The van der Waals surface area contributed by atoms with Gasteiger partial charge in [-0.1, -0.05) is 60.7 Å². The lowest BCUT2D eigenvalue weighted by Crippen LogP contribution is -2.45. The van der Waals surface area contributed by atoms with Gasteiger partial charge in [-0.3, -0.25) is 15.6 Å². The van der Waals surface area contributed by atoms with Gasteiger partial charge in [-0.2, -0.15) is 0 Å². The van der Waals surface area contributed by atoms with Gasteiger partial charge < -0.3 is 14.8 Å². The Bertz CT molecular complexity index is 935. The number of thiocarbonyl (C=S) groups is 1. The van der Waals surface area contributed by atoms with E-state index in [1.54, 1.807) is 32.4 Å². The highest BCUT2D eigenvalue weighted by atomic mass is 32.1. The van der Waals surface area contributed by atoms with E-state index in [4.69, 9.17) is 21.7 Å². The number of hydrogen-bond donors (Lipinski definition) is 3. The second-order valence-corrected chi connectivity index (χ2v) is 6.83. The smallest absolute Gasteiger partial charge is 0.250 e. The van der Waals surface area contributed by atoms with Crippen molar-refractivity contribution in [1.29, 1.82) is 0 Å². The van der Waals surface area contributed by atoms with Gasteiger partial charge in [0.05, 0.1) is 20.1 Å². The molecular weight excluding hydrogens is 398 g/mol. The lowest BCUT2D eigenvalue weighted by atomic mass is 9.91. The molecule has 0 saturated heterocycles. The highest BCUT2D eigenvalue weighted by Crippen LogP contribution is 2.26. The molecule has 0 saturated carbocycles. The third-order valence-corrected chi connectivity index (χ3v) is 4.64. The predicted molar refractivity (Wildman–Crippen MR) is 122 cm³/mol. The molecule has 154 valence electrons. The van der Waals surface area contributed by atoms with E-state index in [-0.39, 0.29) is 11.0 Å². The fourth-order valence-electron chi connectivity index (χ4n) is 3.02. The molecule has 7 heteroatoms. The second-order valence-electron chi connectivity index (χ2n) is 6.42. The van der Waals surface area contributed by atoms with Gasteiger partial charge in [-0.25, -0.2) is 0 Å². The van der Waals surface area contributed by atoms with Gasteiger partial charge in [0.1, 0.15) is 11.5 Å². The summed E-state index contributed by atoms with van der Waals surface area (Å²) < 4.78 is 10.5. The van der Waals surface area contributed by atoms with Crippen LogP contribution in [0.5, 0.6) is 11.5 Å². The lowest BCUT2D eigenvalue weighted by molar-refractivity contribution is -0.122. The monoisotopic (exact) mass is 421 g/mol. The van der Waals surface area contributed by atoms with Crippen LogP contribution < -0.4 is 25.6 Å². The molecule has 3 N–H and O–H groups in total. The summed E-state index contributed by atoms with van der Waals surface area (Å²) in [7, 11) is 3.14. The minimum absolute atomic E-state index is 0.222. The van der Waals surface area contributed by atoms with Crippen LogP contribution in [0.15, 0.2) is 78.9 Å². The van der Waals surface area contributed by atoms with E-state index in [0.29, 0.717) is 17.2 Å². The van der Waals surface area contributed by atoms with Gasteiger partial charge in [0.25, 0.3) is 0 Å². The van der Waals surface area contributed by atoms with Gasteiger partial charge in [0, 0.05) is 23.9 Å². The second kappa shape index (κ2) is 10.3. The minimum Gasteiger partial charge on any atom is -0.497 e. The van der Waals surface area contributed by atoms with Gasteiger partial charge in [-0.05, 0) is 23.3 Å². The Labute approximate surface area is 181 Å². The minimum atomic E-state index is -0.473. The summed E-state index contributed by atoms with van der Waals surface area (Å²) in [6.45, 7) is 0. The fraction of sp³-hybridized carbons (Fsp3) is 0.130. The van der Waals surface area contributed by atoms with Crippen molar-refractivity contribution in [2.24, 2.45) is 0 Å². The van der Waals surface area contributed by atoms with Crippen LogP contribution in [0.3, 0.4) is 0 Å². The zero-order chi connectivity index (χ0) is 21.3. The van der Waals surface area contributed by atoms with Crippen LogP contribution in [-0.2, 0) is 4.79 Å². The van der Waals surface area contributed by atoms with E-state index >= 15 is 0 Å². The van der Waals surface area contributed by atoms with Crippen molar-refractivity contribution in [3.63, 3.8) is 0 Å². The molecule has 6 nitrogen and oxygen atoms in total. The Morgan fingerprint density at radius 1 is 0.800 bits per heavy atom. The Hall–Kier alpha value is -3.58. The van der Waals surface area contributed by atoms with Crippen LogP contribution in [-0.4, -0.2) is 25.2 Å². The number of carbonyl (C=O) groups excluding carboxylic acids is 1. The first-order valence-corrected chi connectivity index (χ1v) is 9.71. The van der Waals surface area contributed by atoms with Gasteiger partial charge in [0.2, 0.25) is 5.91 Å². The molecule has 0 bridgehead atoms. The molecule has 30 heavy (non-hydrogen) atoms. The van der Waals surface area contributed by atoms with Crippen molar-refractivity contribution in [3.05, 3.63) is 90.0 Å². The zero-order valence-corrected chi connectivity index (χ0v) is 17.5. The molecule has 0 aliphatic heterocycles. The van der Waals surface area contributed by atoms with Crippen LogP contribution in [0, 0.1) is 0 Å². The Kier molecular flexibility index (Phi) is 7.24. The molecule has 0 aromatic heterocycles. The van der Waals surface area contributed by atoms with E-state index in [2.05, 4.69) is 16.2 Å². The molecule has 1 amide bonds. The molecule has 0 aliphatic rings. The highest BCUT2D eigenvalue weighted by Gasteiger charge is 2.22. The van der Waals surface area contributed by atoms with Gasteiger partial charge in [0.15, 0.2) is 5.11 Å². The van der Waals surface area contributed by atoms with E-state index in [1.807, 2.05) is 60.7 Å². The van der Waals surface area contributed by atoms with Crippen molar-refractivity contribution in [2.45, 2.75) is 5.92 Å². The number of amides is 1. The molecule has 0 heterocycles. The molecule has 0 atom stereocenters. The molecule has 3 aromatic carbocycles. The summed E-state index contributed by atoms with van der Waals surface area (Å²) in [6.07, 6.45) is 0. The summed E-state index contributed by atoms with van der Waals surface area (Å²) >= 11 is 5.31.